The number of carbonyl (C=O) groups is 3. The smallest absolute Gasteiger partial charge is 0.409 e. The number of ketones is 1. The number of halogens is 1. The van der Waals surface area contributed by atoms with Crippen LogP contribution in [0.25, 0.3) is 16.8 Å². The Bertz CT molecular complexity index is 1530. The van der Waals surface area contributed by atoms with Crippen LogP contribution in [0.5, 0.6) is 5.75 Å². The number of carboxylic acid groups (broad SMARTS) is 1. The van der Waals surface area contributed by atoms with Crippen LogP contribution in [-0.2, 0) is 4.79 Å². The molecule has 11 heteroatoms. The number of carbonyl (C=O) groups excluding carboxylic acids is 2. The number of benzene rings is 3. The highest BCUT2D eigenvalue weighted by atomic mass is 19.1. The lowest BCUT2D eigenvalue weighted by Crippen LogP contribution is -2.24. The minimum Gasteiger partial charge on any atom is -0.487 e. The lowest BCUT2D eigenvalue weighted by molar-refractivity contribution is -0.115. The molecule has 0 spiro atoms. The molecular formula is C28H26FN5O5. The fraction of sp³-hybridized carbons (Fsp3) is 0.179. The fourth-order valence-corrected chi connectivity index (χ4v) is 3.82. The first-order valence-electron chi connectivity index (χ1n) is 11.9. The van der Waals surface area contributed by atoms with Crippen molar-refractivity contribution >= 4 is 29.2 Å². The maximum absolute atomic E-state index is 14.8. The van der Waals surface area contributed by atoms with Gasteiger partial charge in [0.25, 0.3) is 0 Å². The lowest BCUT2D eigenvalue weighted by Gasteiger charge is -2.25. The molecule has 1 aromatic heterocycles. The number of rotatable bonds is 8. The van der Waals surface area contributed by atoms with Gasteiger partial charge in [0.15, 0.2) is 5.78 Å². The first-order chi connectivity index (χ1) is 18.5. The summed E-state index contributed by atoms with van der Waals surface area (Å²) in [6.45, 7) is 5.38. The molecule has 0 radical (unpaired) electrons. The van der Waals surface area contributed by atoms with Crippen LogP contribution in [0.2, 0.25) is 0 Å². The van der Waals surface area contributed by atoms with Crippen molar-refractivity contribution in [2.24, 2.45) is 0 Å². The number of Topliss-reactive ketones (excluding diaryl/α,β-unsaturated/α-hetero) is 1. The molecule has 0 aliphatic carbocycles. The van der Waals surface area contributed by atoms with Gasteiger partial charge in [-0.3, -0.25) is 14.9 Å². The highest BCUT2D eigenvalue weighted by Crippen LogP contribution is 2.40. The molecule has 10 nitrogen and oxygen atoms in total. The van der Waals surface area contributed by atoms with E-state index in [1.54, 1.807) is 63.4 Å². The molecule has 0 bridgehead atoms. The number of ether oxygens (including phenoxy) is 1. The Hall–Kier alpha value is -5.06. The van der Waals surface area contributed by atoms with E-state index < -0.39 is 35.6 Å². The van der Waals surface area contributed by atoms with Crippen LogP contribution in [0.1, 0.15) is 37.6 Å². The first kappa shape index (κ1) is 27.0. The second-order valence-electron chi connectivity index (χ2n) is 9.56. The third-order valence-electron chi connectivity index (χ3n) is 5.39. The summed E-state index contributed by atoms with van der Waals surface area (Å²) >= 11 is 0. The van der Waals surface area contributed by atoms with E-state index in [9.17, 15) is 23.9 Å². The molecule has 4 aromatic rings. The van der Waals surface area contributed by atoms with Crippen molar-refractivity contribution in [1.29, 1.82) is 0 Å². The number of nitrogens with one attached hydrogen (secondary N) is 2. The molecule has 0 fully saturated rings. The van der Waals surface area contributed by atoms with E-state index >= 15 is 0 Å². The number of nitrogens with zero attached hydrogens (tertiary/aromatic N) is 3. The third-order valence-corrected chi connectivity index (χ3v) is 5.39. The molecular weight excluding hydrogens is 505 g/mol. The van der Waals surface area contributed by atoms with Crippen LogP contribution < -0.4 is 15.4 Å². The summed E-state index contributed by atoms with van der Waals surface area (Å²) in [4.78, 5) is 37.3. The minimum atomic E-state index is -1.38. The van der Waals surface area contributed by atoms with Gasteiger partial charge in [0.1, 0.15) is 17.2 Å². The summed E-state index contributed by atoms with van der Waals surface area (Å²) in [6.07, 6.45) is 1.21. The van der Waals surface area contributed by atoms with Gasteiger partial charge in [-0.05, 0) is 45.0 Å². The third kappa shape index (κ3) is 6.83. The average Bonchev–Trinajstić information content (AvgIpc) is 3.40. The SMILES string of the molecule is CC(C)(C)Oc1cc(NC(=O)O)c(NC(=O)CC(=O)c2cccc(-n3ccnn3)c2)cc1-c1ccccc1F. The number of hydrogen-bond donors (Lipinski definition) is 3. The Morgan fingerprint density at radius 2 is 1.72 bits per heavy atom. The van der Waals surface area contributed by atoms with E-state index in [0.717, 1.165) is 0 Å². The Morgan fingerprint density at radius 3 is 2.38 bits per heavy atom. The summed E-state index contributed by atoms with van der Waals surface area (Å²) in [7, 11) is 0. The number of aromatic nitrogens is 3. The van der Waals surface area contributed by atoms with Crippen molar-refractivity contribution in [3.8, 4) is 22.6 Å². The van der Waals surface area contributed by atoms with Crippen LogP contribution in [0.15, 0.2) is 73.1 Å². The molecule has 4 rings (SSSR count). The zero-order valence-electron chi connectivity index (χ0n) is 21.4. The van der Waals surface area contributed by atoms with E-state index in [1.807, 2.05) is 0 Å². The van der Waals surface area contributed by atoms with Gasteiger partial charge in [0, 0.05) is 22.8 Å². The number of hydrogen-bond acceptors (Lipinski definition) is 6. The molecule has 0 aliphatic heterocycles. The topological polar surface area (TPSA) is 135 Å². The van der Waals surface area contributed by atoms with Gasteiger partial charge in [-0.15, -0.1) is 5.10 Å². The number of anilines is 2. The summed E-state index contributed by atoms with van der Waals surface area (Å²) in [5.41, 5.74) is 0.690. The lowest BCUT2D eigenvalue weighted by atomic mass is 10.0. The molecule has 1 heterocycles. The summed E-state index contributed by atoms with van der Waals surface area (Å²) in [5, 5.41) is 21.8. The molecule has 0 unspecified atom stereocenters. The average molecular weight is 532 g/mol. The minimum absolute atomic E-state index is 0.00387. The quantitative estimate of drug-likeness (QED) is 0.200. The van der Waals surface area contributed by atoms with E-state index in [4.69, 9.17) is 4.74 Å². The van der Waals surface area contributed by atoms with Crippen LogP contribution in [0.3, 0.4) is 0 Å². The van der Waals surface area contributed by atoms with Crippen molar-refractivity contribution in [3.05, 3.63) is 84.4 Å². The Kier molecular flexibility index (Phi) is 7.70. The predicted molar refractivity (Wildman–Crippen MR) is 143 cm³/mol. The van der Waals surface area contributed by atoms with Gasteiger partial charge in [-0.1, -0.05) is 35.5 Å². The van der Waals surface area contributed by atoms with Gasteiger partial charge in [0.05, 0.1) is 35.9 Å². The first-order valence-corrected chi connectivity index (χ1v) is 11.9. The van der Waals surface area contributed by atoms with E-state index in [2.05, 4.69) is 20.9 Å². The summed E-state index contributed by atoms with van der Waals surface area (Å²) in [5.74, 6) is -1.49. The standard InChI is InChI=1S/C28H26FN5O5/c1-28(2,3)39-25-15-23(32-27(37)38)22(14-20(25)19-9-4-5-10-21(19)29)31-26(36)16-24(35)17-7-6-8-18(13-17)34-12-11-30-33-34/h4-15,32H,16H2,1-3H3,(H,31,36)(H,37,38). The second-order valence-corrected chi connectivity index (χ2v) is 9.56. The maximum atomic E-state index is 14.8. The normalized spacial score (nSPS) is 11.1. The highest BCUT2D eigenvalue weighted by Gasteiger charge is 2.22. The Balaban J connectivity index is 1.66. The zero-order chi connectivity index (χ0) is 28.2. The van der Waals surface area contributed by atoms with Gasteiger partial charge < -0.3 is 15.2 Å². The molecule has 0 saturated carbocycles. The highest BCUT2D eigenvalue weighted by molar-refractivity contribution is 6.12. The molecule has 0 atom stereocenters. The monoisotopic (exact) mass is 531 g/mol. The fourth-order valence-electron chi connectivity index (χ4n) is 3.82. The molecule has 0 saturated heterocycles. The van der Waals surface area contributed by atoms with Gasteiger partial charge in [-0.2, -0.15) is 0 Å². The molecule has 2 amide bonds. The molecule has 0 aliphatic rings. The largest absolute Gasteiger partial charge is 0.487 e. The van der Waals surface area contributed by atoms with Crippen molar-refractivity contribution < 1.29 is 28.6 Å². The van der Waals surface area contributed by atoms with Gasteiger partial charge in [0.2, 0.25) is 5.91 Å². The van der Waals surface area contributed by atoms with Crippen LogP contribution >= 0.6 is 0 Å². The summed E-state index contributed by atoms with van der Waals surface area (Å²) < 4.78 is 22.3. The predicted octanol–water partition coefficient (Wildman–Crippen LogP) is 5.55. The van der Waals surface area contributed by atoms with Crippen molar-refractivity contribution in [2.75, 3.05) is 10.6 Å². The van der Waals surface area contributed by atoms with Crippen LogP contribution in [0.4, 0.5) is 20.6 Å². The molecule has 3 aromatic carbocycles. The van der Waals surface area contributed by atoms with E-state index in [-0.39, 0.29) is 28.3 Å². The van der Waals surface area contributed by atoms with E-state index in [0.29, 0.717) is 11.3 Å². The van der Waals surface area contributed by atoms with Gasteiger partial charge >= 0.3 is 6.09 Å². The maximum Gasteiger partial charge on any atom is 0.409 e. The molecule has 39 heavy (non-hydrogen) atoms. The molecule has 200 valence electrons. The van der Waals surface area contributed by atoms with Crippen LogP contribution in [0, 0.1) is 5.82 Å². The summed E-state index contributed by atoms with van der Waals surface area (Å²) in [6, 6.07) is 15.3. The van der Waals surface area contributed by atoms with Crippen molar-refractivity contribution in [3.63, 3.8) is 0 Å². The molecule has 3 N–H and O–H groups in total. The zero-order valence-corrected chi connectivity index (χ0v) is 21.4. The van der Waals surface area contributed by atoms with Crippen molar-refractivity contribution in [2.45, 2.75) is 32.8 Å². The van der Waals surface area contributed by atoms with Gasteiger partial charge in [-0.25, -0.2) is 13.9 Å². The Labute approximate surface area is 223 Å². The van der Waals surface area contributed by atoms with E-state index in [1.165, 1.54) is 35.1 Å². The number of amides is 2. The second kappa shape index (κ2) is 11.1. The Morgan fingerprint density at radius 1 is 0.974 bits per heavy atom. The van der Waals surface area contributed by atoms with Crippen LogP contribution in [-0.4, -0.2) is 43.5 Å². The van der Waals surface area contributed by atoms with Crippen molar-refractivity contribution in [1.82, 2.24) is 15.0 Å².